The first-order valence-electron chi connectivity index (χ1n) is 13.9. The van der Waals surface area contributed by atoms with E-state index in [1.54, 1.807) is 75.4 Å². The number of sulfonamides is 1. The zero-order valence-corrected chi connectivity index (χ0v) is 25.2. The maximum absolute atomic E-state index is 13.4. The number of aryl methyl sites for hydroxylation is 1. The predicted octanol–water partition coefficient (Wildman–Crippen LogP) is 3.64. The number of anilines is 1. The van der Waals surface area contributed by atoms with Crippen molar-refractivity contribution in [1.29, 1.82) is 0 Å². The first-order chi connectivity index (χ1) is 20.8. The highest BCUT2D eigenvalue weighted by molar-refractivity contribution is 7.93. The Morgan fingerprint density at radius 3 is 2.50 bits per heavy atom. The number of amides is 2. The molecule has 0 saturated heterocycles. The average molecular weight is 617 g/mol. The van der Waals surface area contributed by atoms with E-state index in [0.717, 1.165) is 10.9 Å². The summed E-state index contributed by atoms with van der Waals surface area (Å²) in [4.78, 5) is 46.6. The highest BCUT2D eigenvalue weighted by Crippen LogP contribution is 2.26. The largest absolute Gasteiger partial charge is 0.442 e. The van der Waals surface area contributed by atoms with Crippen molar-refractivity contribution in [3.05, 3.63) is 100 Å². The Hall–Kier alpha value is -5.04. The number of aliphatic imine (C=N–C) groups is 1. The molecule has 0 saturated carbocycles. The van der Waals surface area contributed by atoms with E-state index in [9.17, 15) is 22.8 Å². The molecule has 0 radical (unpaired) electrons. The second kappa shape index (κ2) is 11.9. The number of ether oxygens (including phenoxy) is 1. The number of aromatic nitrogens is 2. The summed E-state index contributed by atoms with van der Waals surface area (Å²) in [6.07, 6.45) is 1.12. The number of carbonyl (C=O) groups excluding carboxylic acids is 2. The molecule has 1 aliphatic heterocycles. The second-order valence-electron chi connectivity index (χ2n) is 11.3. The van der Waals surface area contributed by atoms with Crippen LogP contribution in [0, 0.1) is 0 Å². The van der Waals surface area contributed by atoms with Crippen molar-refractivity contribution in [3.63, 3.8) is 0 Å². The van der Waals surface area contributed by atoms with Crippen LogP contribution in [0.25, 0.3) is 10.8 Å². The Kier molecular flexibility index (Phi) is 8.24. The first-order valence-corrected chi connectivity index (χ1v) is 15.4. The van der Waals surface area contributed by atoms with E-state index in [1.165, 1.54) is 16.8 Å². The molecule has 13 heteroatoms. The van der Waals surface area contributed by atoms with Crippen molar-refractivity contribution in [2.75, 3.05) is 4.72 Å². The molecule has 0 aliphatic carbocycles. The van der Waals surface area contributed by atoms with E-state index in [0.29, 0.717) is 29.6 Å². The minimum atomic E-state index is -4.14. The van der Waals surface area contributed by atoms with Gasteiger partial charge in [-0.2, -0.15) is 4.99 Å². The minimum Gasteiger partial charge on any atom is -0.442 e. The molecule has 2 amide bonds. The third kappa shape index (κ3) is 6.62. The number of hydrogen-bond donors (Lipinski definition) is 3. The zero-order valence-electron chi connectivity index (χ0n) is 24.4. The van der Waals surface area contributed by atoms with Crippen molar-refractivity contribution in [3.8, 4) is 0 Å². The lowest BCUT2D eigenvalue weighted by atomic mass is 10.1. The number of amidine groups is 1. The van der Waals surface area contributed by atoms with Crippen molar-refractivity contribution < 1.29 is 22.7 Å². The van der Waals surface area contributed by atoms with Gasteiger partial charge in [-0.25, -0.2) is 18.2 Å². The normalized spacial score (nSPS) is 15.1. The Labute approximate surface area is 254 Å². The van der Waals surface area contributed by atoms with Crippen molar-refractivity contribution in [1.82, 2.24) is 14.9 Å². The summed E-state index contributed by atoms with van der Waals surface area (Å²) in [6.45, 7) is 5.34. The number of fused-ring (bicyclic) bond motifs is 2. The lowest BCUT2D eigenvalue weighted by Crippen LogP contribution is -2.36. The number of nitrogens with zero attached hydrogens (tertiary/aromatic N) is 3. The predicted molar refractivity (Wildman–Crippen MR) is 166 cm³/mol. The zero-order chi connectivity index (χ0) is 31.6. The van der Waals surface area contributed by atoms with Crippen LogP contribution in [0.15, 0.2) is 87.6 Å². The highest BCUT2D eigenvalue weighted by atomic mass is 32.2. The Morgan fingerprint density at radius 1 is 1.07 bits per heavy atom. The summed E-state index contributed by atoms with van der Waals surface area (Å²) in [5.41, 5.74) is 5.59. The SMILES string of the molecule is CC(C)(C)OC(=O)N=C(N)c1ccc(CNC(=O)[C@@H]2CCc3ncc(NS(=O)(=O)c4cccc5ccccc45)c(=O)n32)cc1. The number of hydrogen-bond acceptors (Lipinski definition) is 7. The van der Waals surface area contributed by atoms with E-state index in [-0.39, 0.29) is 23.0 Å². The second-order valence-corrected chi connectivity index (χ2v) is 12.9. The molecule has 2 heterocycles. The molecular weight excluding hydrogens is 584 g/mol. The molecule has 0 bridgehead atoms. The summed E-state index contributed by atoms with van der Waals surface area (Å²) >= 11 is 0. The van der Waals surface area contributed by atoms with Crippen LogP contribution in [0.2, 0.25) is 0 Å². The monoisotopic (exact) mass is 616 g/mol. The number of nitrogens with one attached hydrogen (secondary N) is 2. The summed E-state index contributed by atoms with van der Waals surface area (Å²) in [7, 11) is -4.14. The third-order valence-corrected chi connectivity index (χ3v) is 8.35. The topological polar surface area (TPSA) is 175 Å². The van der Waals surface area contributed by atoms with Crippen LogP contribution in [-0.2, 0) is 32.5 Å². The van der Waals surface area contributed by atoms with Crippen LogP contribution < -0.4 is 21.3 Å². The van der Waals surface area contributed by atoms with E-state index >= 15 is 0 Å². The Balaban J connectivity index is 1.28. The van der Waals surface area contributed by atoms with Crippen LogP contribution in [0.3, 0.4) is 0 Å². The third-order valence-electron chi connectivity index (χ3n) is 6.93. The van der Waals surface area contributed by atoms with Gasteiger partial charge in [0.05, 0.1) is 11.1 Å². The van der Waals surface area contributed by atoms with Crippen molar-refractivity contribution in [2.45, 2.75) is 56.7 Å². The number of rotatable bonds is 7. The molecule has 0 unspecified atom stereocenters. The van der Waals surface area contributed by atoms with Crippen LogP contribution in [-0.4, -0.2) is 41.4 Å². The quantitative estimate of drug-likeness (QED) is 0.208. The molecule has 0 spiro atoms. The maximum atomic E-state index is 13.4. The lowest BCUT2D eigenvalue weighted by molar-refractivity contribution is -0.124. The molecule has 12 nitrogen and oxygen atoms in total. The summed E-state index contributed by atoms with van der Waals surface area (Å²) in [5, 5.41) is 4.08. The lowest BCUT2D eigenvalue weighted by Gasteiger charge is -2.17. The summed E-state index contributed by atoms with van der Waals surface area (Å²) < 4.78 is 35.4. The van der Waals surface area contributed by atoms with Gasteiger partial charge in [-0.3, -0.25) is 18.9 Å². The minimum absolute atomic E-state index is 0.00356. The van der Waals surface area contributed by atoms with E-state index in [4.69, 9.17) is 10.5 Å². The Bertz CT molecular complexity index is 1940. The van der Waals surface area contributed by atoms with Gasteiger partial charge in [0.25, 0.3) is 15.6 Å². The molecule has 228 valence electrons. The summed E-state index contributed by atoms with van der Waals surface area (Å²) in [5.74, 6) is -0.0136. The highest BCUT2D eigenvalue weighted by Gasteiger charge is 2.32. The van der Waals surface area contributed by atoms with Crippen LogP contribution in [0.1, 0.15) is 50.2 Å². The Morgan fingerprint density at radius 2 is 1.77 bits per heavy atom. The molecule has 4 aromatic rings. The van der Waals surface area contributed by atoms with Crippen LogP contribution in [0.4, 0.5) is 10.5 Å². The smallest absolute Gasteiger partial charge is 0.436 e. The fraction of sp³-hybridized carbons (Fsp3) is 0.258. The van der Waals surface area contributed by atoms with Crippen LogP contribution >= 0.6 is 0 Å². The first kappa shape index (κ1) is 30.4. The van der Waals surface area contributed by atoms with E-state index in [2.05, 4.69) is 20.0 Å². The molecule has 3 aromatic carbocycles. The van der Waals surface area contributed by atoms with Crippen molar-refractivity contribution >= 4 is 44.3 Å². The van der Waals surface area contributed by atoms with Gasteiger partial charge in [0.15, 0.2) is 0 Å². The molecule has 4 N–H and O–H groups in total. The van der Waals surface area contributed by atoms with Gasteiger partial charge in [0, 0.05) is 23.9 Å². The van der Waals surface area contributed by atoms with Gasteiger partial charge in [0.2, 0.25) is 5.91 Å². The fourth-order valence-electron chi connectivity index (χ4n) is 4.90. The molecule has 1 aromatic heterocycles. The molecule has 1 aliphatic rings. The van der Waals surface area contributed by atoms with Gasteiger partial charge in [-0.1, -0.05) is 60.7 Å². The standard InChI is InChI=1S/C31H32N6O6S/c1-31(2,3)43-30(40)35-27(32)21-13-11-19(12-14-21)17-34-28(38)24-15-16-26-33-18-23(29(39)37(24)26)36-44(41,42)25-10-6-8-20-7-4-5-9-22(20)25/h4-14,18,24,36H,15-17H2,1-3H3,(H,34,38)(H2,32,35,40)/t24-/m0/s1. The van der Waals surface area contributed by atoms with Gasteiger partial charge in [-0.15, -0.1) is 0 Å². The number of nitrogens with two attached hydrogens (primary N) is 1. The molecule has 0 fully saturated rings. The maximum Gasteiger partial charge on any atom is 0.436 e. The molecular formula is C31H32N6O6S. The average Bonchev–Trinajstić information content (AvgIpc) is 3.41. The van der Waals surface area contributed by atoms with E-state index < -0.39 is 39.2 Å². The van der Waals surface area contributed by atoms with Gasteiger partial charge in [-0.05, 0) is 44.2 Å². The van der Waals surface area contributed by atoms with E-state index in [1.807, 2.05) is 6.07 Å². The van der Waals surface area contributed by atoms with Gasteiger partial charge in [0.1, 0.15) is 29.0 Å². The number of benzene rings is 3. The van der Waals surface area contributed by atoms with Crippen molar-refractivity contribution in [2.24, 2.45) is 10.7 Å². The van der Waals surface area contributed by atoms with Crippen LogP contribution in [0.5, 0.6) is 0 Å². The molecule has 44 heavy (non-hydrogen) atoms. The van der Waals surface area contributed by atoms with Gasteiger partial charge >= 0.3 is 6.09 Å². The van der Waals surface area contributed by atoms with Gasteiger partial charge < -0.3 is 15.8 Å². The molecule has 1 atom stereocenters. The summed E-state index contributed by atoms with van der Waals surface area (Å²) in [6, 6.07) is 17.9. The fourth-order valence-corrected chi connectivity index (χ4v) is 6.17. The molecule has 5 rings (SSSR count). The number of carbonyl (C=O) groups is 2.